The molecule has 6 nitrogen and oxygen atoms in total. The predicted molar refractivity (Wildman–Crippen MR) is 115 cm³/mol. The van der Waals surface area contributed by atoms with E-state index < -0.39 is 23.3 Å². The molecule has 0 unspecified atom stereocenters. The molecule has 156 valence electrons. The summed E-state index contributed by atoms with van der Waals surface area (Å²) in [7, 11) is 0. The second-order valence-corrected chi connectivity index (χ2v) is 8.61. The van der Waals surface area contributed by atoms with E-state index in [2.05, 4.69) is 14.9 Å². The Bertz CT molecular complexity index is 1030. The van der Waals surface area contributed by atoms with Gasteiger partial charge in [0.15, 0.2) is 5.69 Å². The summed E-state index contributed by atoms with van der Waals surface area (Å²) < 4.78 is 17.8. The van der Waals surface area contributed by atoms with Gasteiger partial charge in [-0.1, -0.05) is 40.4 Å². The fourth-order valence-electron chi connectivity index (χ4n) is 3.00. The van der Waals surface area contributed by atoms with Gasteiger partial charge in [0, 0.05) is 16.6 Å². The summed E-state index contributed by atoms with van der Waals surface area (Å²) >= 11 is 1.03. The van der Waals surface area contributed by atoms with Crippen LogP contribution in [0.25, 0.3) is 0 Å². The van der Waals surface area contributed by atoms with E-state index in [0.717, 1.165) is 17.1 Å². The number of nitrogens with zero attached hydrogens (tertiary/aromatic N) is 3. The smallest absolute Gasteiger partial charge is 0.280 e. The van der Waals surface area contributed by atoms with Crippen molar-refractivity contribution in [3.63, 3.8) is 0 Å². The van der Waals surface area contributed by atoms with Crippen molar-refractivity contribution in [3.05, 3.63) is 76.5 Å². The van der Waals surface area contributed by atoms with Crippen molar-refractivity contribution in [1.29, 1.82) is 0 Å². The van der Waals surface area contributed by atoms with Crippen LogP contribution in [0.1, 0.15) is 48.4 Å². The number of hydrogen-bond acceptors (Lipinski definition) is 5. The Morgan fingerprint density at radius 1 is 1.13 bits per heavy atom. The molecule has 0 bridgehead atoms. The van der Waals surface area contributed by atoms with Gasteiger partial charge in [-0.3, -0.25) is 14.5 Å². The van der Waals surface area contributed by atoms with Gasteiger partial charge in [0.05, 0.1) is 0 Å². The topological polar surface area (TPSA) is 75.2 Å². The summed E-state index contributed by atoms with van der Waals surface area (Å²) in [4.78, 5) is 28.1. The van der Waals surface area contributed by atoms with Crippen LogP contribution in [0.15, 0.2) is 53.9 Å². The maximum Gasteiger partial charge on any atom is 0.280 e. The highest BCUT2D eigenvalue weighted by Crippen LogP contribution is 2.31. The average molecular weight is 427 g/mol. The number of carbonyl (C=O) groups is 2. The number of carbonyl (C=O) groups excluding carboxylic acids is 2. The molecule has 1 aromatic heterocycles. The van der Waals surface area contributed by atoms with Crippen molar-refractivity contribution < 1.29 is 14.0 Å². The number of amides is 2. The highest BCUT2D eigenvalue weighted by molar-refractivity contribution is 7.03. The van der Waals surface area contributed by atoms with Crippen LogP contribution < -0.4 is 10.2 Å². The molecule has 1 atom stereocenters. The van der Waals surface area contributed by atoms with Crippen LogP contribution in [0.3, 0.4) is 0 Å². The monoisotopic (exact) mass is 426 g/mol. The number of rotatable bonds is 5. The number of nitrogens with one attached hydrogen (secondary N) is 1. The van der Waals surface area contributed by atoms with E-state index in [0.29, 0.717) is 5.56 Å². The van der Waals surface area contributed by atoms with E-state index in [-0.39, 0.29) is 17.3 Å². The summed E-state index contributed by atoms with van der Waals surface area (Å²) in [6, 6.07) is 11.9. The molecule has 1 N–H and O–H groups in total. The molecule has 1 heterocycles. The Labute approximate surface area is 178 Å². The first-order valence-corrected chi connectivity index (χ1v) is 10.2. The van der Waals surface area contributed by atoms with E-state index in [9.17, 15) is 14.0 Å². The molecule has 2 aromatic carbocycles. The first-order valence-electron chi connectivity index (χ1n) is 9.40. The quantitative estimate of drug-likeness (QED) is 0.660. The van der Waals surface area contributed by atoms with E-state index >= 15 is 0 Å². The van der Waals surface area contributed by atoms with Crippen molar-refractivity contribution >= 4 is 29.0 Å². The van der Waals surface area contributed by atoms with Gasteiger partial charge in [-0.2, -0.15) is 0 Å². The Hall–Kier alpha value is -3.13. The van der Waals surface area contributed by atoms with Crippen LogP contribution in [0, 0.1) is 12.7 Å². The maximum atomic E-state index is 14.1. The average Bonchev–Trinajstić information content (AvgIpc) is 3.20. The molecule has 0 aliphatic heterocycles. The zero-order valence-electron chi connectivity index (χ0n) is 17.2. The lowest BCUT2D eigenvalue weighted by atomic mass is 9.99. The van der Waals surface area contributed by atoms with Gasteiger partial charge < -0.3 is 5.32 Å². The van der Waals surface area contributed by atoms with Crippen LogP contribution in [-0.2, 0) is 4.79 Å². The number of benzene rings is 2. The minimum atomic E-state index is -1.03. The lowest BCUT2D eigenvalue weighted by molar-refractivity contribution is -0.123. The van der Waals surface area contributed by atoms with Crippen LogP contribution in [0.2, 0.25) is 0 Å². The molecule has 2 amide bonds. The third-order valence-electron chi connectivity index (χ3n) is 4.28. The van der Waals surface area contributed by atoms with Crippen molar-refractivity contribution in [1.82, 2.24) is 14.9 Å². The van der Waals surface area contributed by atoms with Crippen LogP contribution in [0.4, 0.5) is 10.1 Å². The maximum absolute atomic E-state index is 14.1. The standard InChI is InChI=1S/C22H23FN4O2S/c1-14-8-10-15(11-9-14)19(20(28)24-22(2,3)4)27(17-7-5-6-16(23)12-17)21(29)18-13-30-26-25-18/h5-13,19H,1-4H3,(H,24,28)/t19-/m0/s1. The number of aryl methyl sites for hydroxylation is 1. The minimum Gasteiger partial charge on any atom is -0.349 e. The normalized spacial score (nSPS) is 12.3. The number of anilines is 1. The highest BCUT2D eigenvalue weighted by Gasteiger charge is 2.35. The van der Waals surface area contributed by atoms with Gasteiger partial charge in [0.25, 0.3) is 5.91 Å². The number of halogens is 1. The summed E-state index contributed by atoms with van der Waals surface area (Å²) in [5, 5.41) is 8.30. The first kappa shape index (κ1) is 21.6. The molecule has 0 saturated heterocycles. The van der Waals surface area contributed by atoms with E-state index in [1.807, 2.05) is 39.8 Å². The second-order valence-electron chi connectivity index (χ2n) is 8.00. The molecule has 0 aliphatic rings. The van der Waals surface area contributed by atoms with Crippen LogP contribution in [0.5, 0.6) is 0 Å². The molecule has 8 heteroatoms. The molecule has 0 spiro atoms. The molecule has 0 aliphatic carbocycles. The van der Waals surface area contributed by atoms with E-state index in [1.165, 1.54) is 28.5 Å². The number of aromatic nitrogens is 2. The van der Waals surface area contributed by atoms with Gasteiger partial charge in [0.1, 0.15) is 11.9 Å². The lowest BCUT2D eigenvalue weighted by Crippen LogP contribution is -2.49. The van der Waals surface area contributed by atoms with E-state index in [1.54, 1.807) is 18.2 Å². The molecule has 0 saturated carbocycles. The largest absolute Gasteiger partial charge is 0.349 e. The first-order chi connectivity index (χ1) is 14.2. The zero-order valence-corrected chi connectivity index (χ0v) is 18.0. The molecular weight excluding hydrogens is 403 g/mol. The fourth-order valence-corrected chi connectivity index (χ4v) is 3.43. The Balaban J connectivity index is 2.18. The van der Waals surface area contributed by atoms with Gasteiger partial charge in [-0.05, 0) is 63.0 Å². The van der Waals surface area contributed by atoms with Crippen molar-refractivity contribution in [2.75, 3.05) is 4.90 Å². The molecule has 0 fully saturated rings. The lowest BCUT2D eigenvalue weighted by Gasteiger charge is -2.33. The van der Waals surface area contributed by atoms with E-state index in [4.69, 9.17) is 0 Å². The Morgan fingerprint density at radius 3 is 2.40 bits per heavy atom. The minimum absolute atomic E-state index is 0.0879. The van der Waals surface area contributed by atoms with Crippen LogP contribution in [-0.4, -0.2) is 26.9 Å². The molecule has 30 heavy (non-hydrogen) atoms. The molecule has 0 radical (unpaired) electrons. The van der Waals surface area contributed by atoms with Gasteiger partial charge >= 0.3 is 0 Å². The number of hydrogen-bond donors (Lipinski definition) is 1. The fraction of sp³-hybridized carbons (Fsp3) is 0.273. The summed E-state index contributed by atoms with van der Waals surface area (Å²) in [5.74, 6) is -1.43. The van der Waals surface area contributed by atoms with Gasteiger partial charge in [0.2, 0.25) is 5.91 Å². The van der Waals surface area contributed by atoms with Crippen molar-refractivity contribution in [2.24, 2.45) is 0 Å². The Morgan fingerprint density at radius 2 is 1.83 bits per heavy atom. The van der Waals surface area contributed by atoms with Crippen molar-refractivity contribution in [3.8, 4) is 0 Å². The Kier molecular flexibility index (Phi) is 6.26. The van der Waals surface area contributed by atoms with Gasteiger partial charge in [-0.25, -0.2) is 4.39 Å². The van der Waals surface area contributed by atoms with Crippen LogP contribution >= 0.6 is 11.5 Å². The zero-order chi connectivity index (χ0) is 21.9. The predicted octanol–water partition coefficient (Wildman–Crippen LogP) is 4.29. The van der Waals surface area contributed by atoms with Gasteiger partial charge in [-0.15, -0.1) is 5.10 Å². The highest BCUT2D eigenvalue weighted by atomic mass is 32.1. The third-order valence-corrected chi connectivity index (χ3v) is 4.79. The molecular formula is C22H23FN4O2S. The summed E-state index contributed by atoms with van der Waals surface area (Å²) in [5.41, 5.74) is 1.43. The SMILES string of the molecule is Cc1ccc([C@@H](C(=O)NC(C)(C)C)N(C(=O)c2csnn2)c2cccc(F)c2)cc1. The molecule has 3 aromatic rings. The summed E-state index contributed by atoms with van der Waals surface area (Å²) in [6.45, 7) is 7.51. The second kappa shape index (κ2) is 8.71. The summed E-state index contributed by atoms with van der Waals surface area (Å²) in [6.07, 6.45) is 0. The third kappa shape index (κ3) is 5.07. The molecule has 3 rings (SSSR count). The van der Waals surface area contributed by atoms with Crippen molar-refractivity contribution in [2.45, 2.75) is 39.3 Å².